The molecule has 1 N–H and O–H groups in total. The first-order valence-corrected chi connectivity index (χ1v) is 9.37. The van der Waals surface area contributed by atoms with Gasteiger partial charge in [0.05, 0.1) is 10.5 Å². The van der Waals surface area contributed by atoms with E-state index < -0.39 is 17.0 Å². The third-order valence-corrected chi connectivity index (χ3v) is 5.08. The molecule has 1 aliphatic heterocycles. The van der Waals surface area contributed by atoms with E-state index in [2.05, 4.69) is 5.32 Å². The smallest absolute Gasteiger partial charge is 0.339 e. The topological polar surface area (TPSA) is 98.5 Å². The molecule has 4 rings (SSSR count). The number of aryl methyl sites for hydroxylation is 1. The van der Waals surface area contributed by atoms with E-state index in [0.29, 0.717) is 28.8 Å². The van der Waals surface area contributed by atoms with Gasteiger partial charge >= 0.3 is 5.97 Å². The van der Waals surface area contributed by atoms with Crippen LogP contribution in [0.3, 0.4) is 0 Å². The van der Waals surface area contributed by atoms with Crippen LogP contribution < -0.4 is 5.32 Å². The van der Waals surface area contributed by atoms with Crippen molar-refractivity contribution >= 4 is 23.3 Å². The molecule has 3 aromatic carbocycles. The van der Waals surface area contributed by atoms with Gasteiger partial charge in [0.25, 0.3) is 11.6 Å². The van der Waals surface area contributed by atoms with Gasteiger partial charge in [-0.25, -0.2) is 4.79 Å². The van der Waals surface area contributed by atoms with Crippen LogP contribution in [0.25, 0.3) is 0 Å². The van der Waals surface area contributed by atoms with E-state index in [9.17, 15) is 19.7 Å². The van der Waals surface area contributed by atoms with Crippen molar-refractivity contribution in [3.63, 3.8) is 0 Å². The summed E-state index contributed by atoms with van der Waals surface area (Å²) < 4.78 is 5.55. The number of benzene rings is 3. The van der Waals surface area contributed by atoms with Crippen LogP contribution in [0, 0.1) is 17.0 Å². The van der Waals surface area contributed by atoms with Crippen molar-refractivity contribution in [3.05, 3.63) is 105 Å². The van der Waals surface area contributed by atoms with Gasteiger partial charge < -0.3 is 10.1 Å². The van der Waals surface area contributed by atoms with Gasteiger partial charge in [0.2, 0.25) is 0 Å². The number of hydrogen-bond donors (Lipinski definition) is 1. The molecule has 1 aliphatic rings. The number of non-ortho nitro benzene ring substituents is 1. The second-order valence-corrected chi connectivity index (χ2v) is 7.09. The predicted molar refractivity (Wildman–Crippen MR) is 111 cm³/mol. The average Bonchev–Trinajstić information content (AvgIpc) is 2.75. The first kappa shape index (κ1) is 19.3. The molecular weight excluding hydrogens is 384 g/mol. The van der Waals surface area contributed by atoms with Crippen molar-refractivity contribution in [2.75, 3.05) is 5.32 Å². The largest absolute Gasteiger partial charge is 0.454 e. The molecule has 0 unspecified atom stereocenters. The number of nitro groups is 1. The number of nitrogens with one attached hydrogen (secondary N) is 1. The second kappa shape index (κ2) is 7.79. The minimum absolute atomic E-state index is 0.0373. The maximum atomic E-state index is 12.7. The van der Waals surface area contributed by atoms with Crippen molar-refractivity contribution in [3.8, 4) is 0 Å². The SMILES string of the molecule is Cc1cc([N+](=O)[O-])ccc1NC(=O)c1ccc2c(c1)C[C@H](c1ccccc1)OC2=O. The summed E-state index contributed by atoms with van der Waals surface area (Å²) in [6.45, 7) is 1.69. The van der Waals surface area contributed by atoms with Crippen LogP contribution in [0.5, 0.6) is 0 Å². The van der Waals surface area contributed by atoms with Crippen LogP contribution in [0.2, 0.25) is 0 Å². The fraction of sp³-hybridized carbons (Fsp3) is 0.130. The third kappa shape index (κ3) is 3.77. The van der Waals surface area contributed by atoms with Crippen molar-refractivity contribution in [2.24, 2.45) is 0 Å². The number of amides is 1. The van der Waals surface area contributed by atoms with E-state index in [0.717, 1.165) is 11.1 Å². The van der Waals surface area contributed by atoms with E-state index in [1.165, 1.54) is 18.2 Å². The molecule has 1 heterocycles. The lowest BCUT2D eigenvalue weighted by Gasteiger charge is -2.25. The van der Waals surface area contributed by atoms with Gasteiger partial charge in [-0.15, -0.1) is 0 Å². The summed E-state index contributed by atoms with van der Waals surface area (Å²) in [7, 11) is 0. The highest BCUT2D eigenvalue weighted by Crippen LogP contribution is 2.31. The predicted octanol–water partition coefficient (Wildman–Crippen LogP) is 4.61. The van der Waals surface area contributed by atoms with Crippen LogP contribution in [-0.2, 0) is 11.2 Å². The monoisotopic (exact) mass is 402 g/mol. The van der Waals surface area contributed by atoms with Crippen molar-refractivity contribution in [1.82, 2.24) is 0 Å². The molecule has 7 nitrogen and oxygen atoms in total. The van der Waals surface area contributed by atoms with Crippen LogP contribution in [0.15, 0.2) is 66.7 Å². The summed E-state index contributed by atoms with van der Waals surface area (Å²) in [6.07, 6.45) is 0.0735. The van der Waals surface area contributed by atoms with Gasteiger partial charge in [0.1, 0.15) is 6.10 Å². The lowest BCUT2D eigenvalue weighted by atomic mass is 9.93. The van der Waals surface area contributed by atoms with E-state index >= 15 is 0 Å². The number of rotatable bonds is 4. The minimum Gasteiger partial charge on any atom is -0.454 e. The molecule has 0 aliphatic carbocycles. The van der Waals surface area contributed by atoms with Crippen LogP contribution >= 0.6 is 0 Å². The lowest BCUT2D eigenvalue weighted by Crippen LogP contribution is -2.23. The Balaban J connectivity index is 1.57. The van der Waals surface area contributed by atoms with Gasteiger partial charge in [0.15, 0.2) is 0 Å². The highest BCUT2D eigenvalue weighted by molar-refractivity contribution is 6.05. The minimum atomic E-state index is -0.482. The highest BCUT2D eigenvalue weighted by atomic mass is 16.6. The zero-order valence-corrected chi connectivity index (χ0v) is 16.1. The quantitative estimate of drug-likeness (QED) is 0.390. The number of cyclic esters (lactones) is 1. The number of carbonyl (C=O) groups is 2. The molecular formula is C23H18N2O5. The standard InChI is InChI=1S/C23H18N2O5/c1-14-11-18(25(28)29)8-10-20(14)24-22(26)16-7-9-19-17(12-16)13-21(30-23(19)27)15-5-3-2-4-6-15/h2-12,21H,13H2,1H3,(H,24,26)/t21-/m1/s1. The number of fused-ring (bicyclic) bond motifs is 1. The number of nitro benzene ring substituents is 1. The molecule has 0 saturated heterocycles. The summed E-state index contributed by atoms with van der Waals surface area (Å²) >= 11 is 0. The fourth-order valence-electron chi connectivity index (χ4n) is 3.49. The molecule has 150 valence electrons. The first-order valence-electron chi connectivity index (χ1n) is 9.37. The van der Waals surface area contributed by atoms with E-state index in [1.807, 2.05) is 30.3 Å². The van der Waals surface area contributed by atoms with E-state index in [1.54, 1.807) is 25.1 Å². The summed E-state index contributed by atoms with van der Waals surface area (Å²) in [5.74, 6) is -0.770. The summed E-state index contributed by atoms with van der Waals surface area (Å²) in [5.41, 5.74) is 3.53. The zero-order valence-electron chi connectivity index (χ0n) is 16.1. The third-order valence-electron chi connectivity index (χ3n) is 5.08. The number of nitrogens with zero attached hydrogens (tertiary/aromatic N) is 1. The molecule has 0 spiro atoms. The molecule has 0 saturated carbocycles. The molecule has 0 aromatic heterocycles. The maximum Gasteiger partial charge on any atom is 0.339 e. The van der Waals surface area contributed by atoms with Crippen LogP contribution in [0.1, 0.15) is 43.5 Å². The summed E-state index contributed by atoms with van der Waals surface area (Å²) in [6, 6.07) is 18.6. The molecule has 1 amide bonds. The van der Waals surface area contributed by atoms with Gasteiger partial charge in [-0.1, -0.05) is 30.3 Å². The number of esters is 1. The number of carbonyl (C=O) groups excluding carboxylic acids is 2. The van der Waals surface area contributed by atoms with E-state index in [4.69, 9.17) is 4.74 Å². The molecule has 1 atom stereocenters. The van der Waals surface area contributed by atoms with Crippen LogP contribution in [-0.4, -0.2) is 16.8 Å². The van der Waals surface area contributed by atoms with Gasteiger partial charge in [-0.05, 0) is 47.9 Å². The first-order chi connectivity index (χ1) is 14.4. The Labute approximate surface area is 172 Å². The second-order valence-electron chi connectivity index (χ2n) is 7.09. The van der Waals surface area contributed by atoms with Gasteiger partial charge in [-0.3, -0.25) is 14.9 Å². The molecule has 30 heavy (non-hydrogen) atoms. The number of anilines is 1. The zero-order chi connectivity index (χ0) is 21.3. The van der Waals surface area contributed by atoms with Gasteiger partial charge in [0, 0.05) is 29.8 Å². The number of ether oxygens (including phenoxy) is 1. The average molecular weight is 402 g/mol. The van der Waals surface area contributed by atoms with Crippen molar-refractivity contribution in [2.45, 2.75) is 19.4 Å². The Morgan fingerprint density at radius 2 is 1.87 bits per heavy atom. The fourth-order valence-corrected chi connectivity index (χ4v) is 3.49. The highest BCUT2D eigenvalue weighted by Gasteiger charge is 2.28. The van der Waals surface area contributed by atoms with Crippen molar-refractivity contribution in [1.29, 1.82) is 0 Å². The molecule has 0 radical (unpaired) electrons. The molecule has 0 bridgehead atoms. The summed E-state index contributed by atoms with van der Waals surface area (Å²) in [4.78, 5) is 35.5. The number of hydrogen-bond acceptors (Lipinski definition) is 5. The van der Waals surface area contributed by atoms with E-state index in [-0.39, 0.29) is 11.6 Å². The van der Waals surface area contributed by atoms with Crippen molar-refractivity contribution < 1.29 is 19.2 Å². The lowest BCUT2D eigenvalue weighted by molar-refractivity contribution is -0.384. The molecule has 0 fully saturated rings. The Morgan fingerprint density at radius 1 is 1.10 bits per heavy atom. The normalized spacial score (nSPS) is 15.1. The Kier molecular flexibility index (Phi) is 5.02. The Hall–Kier alpha value is -4.00. The molecule has 3 aromatic rings. The maximum absolute atomic E-state index is 12.7. The molecule has 7 heteroatoms. The van der Waals surface area contributed by atoms with Gasteiger partial charge in [-0.2, -0.15) is 0 Å². The summed E-state index contributed by atoms with van der Waals surface area (Å²) in [5, 5.41) is 13.7. The Morgan fingerprint density at radius 3 is 2.57 bits per heavy atom. The van der Waals surface area contributed by atoms with Crippen LogP contribution in [0.4, 0.5) is 11.4 Å². The Bertz CT molecular complexity index is 1160.